The highest BCUT2D eigenvalue weighted by Crippen LogP contribution is 2.20. The van der Waals surface area contributed by atoms with Crippen LogP contribution in [0.3, 0.4) is 0 Å². The van der Waals surface area contributed by atoms with Gasteiger partial charge in [-0.25, -0.2) is 8.42 Å². The van der Waals surface area contributed by atoms with Crippen molar-refractivity contribution in [3.63, 3.8) is 0 Å². The molecule has 7 heteroatoms. The highest BCUT2D eigenvalue weighted by atomic mass is 32.2. The standard InChI is InChI=1S/C21H33N3O3S/c1-17-9-11-20(12-10-17)28(26,27)24-15-13-23(14-16-24)18(2)21(25)22-19-7-5-3-4-6-8-19/h9-12,18-19H,3-8,13-16H2,1-2H3,(H,22,25)/t18-/m0/s1. The van der Waals surface area contributed by atoms with E-state index in [1.807, 2.05) is 26.0 Å². The second kappa shape index (κ2) is 9.37. The zero-order valence-electron chi connectivity index (χ0n) is 17.1. The lowest BCUT2D eigenvalue weighted by Gasteiger charge is -2.37. The normalized spacial score (nSPS) is 21.8. The number of rotatable bonds is 5. The van der Waals surface area contributed by atoms with Crippen LogP contribution in [0.2, 0.25) is 0 Å². The van der Waals surface area contributed by atoms with Gasteiger partial charge in [0.1, 0.15) is 0 Å². The summed E-state index contributed by atoms with van der Waals surface area (Å²) in [6.07, 6.45) is 7.05. The van der Waals surface area contributed by atoms with Crippen molar-refractivity contribution < 1.29 is 13.2 Å². The van der Waals surface area contributed by atoms with Crippen LogP contribution in [0.15, 0.2) is 29.2 Å². The third-order valence-electron chi connectivity index (χ3n) is 6.06. The Morgan fingerprint density at radius 3 is 2.14 bits per heavy atom. The fraction of sp³-hybridized carbons (Fsp3) is 0.667. The molecule has 1 saturated heterocycles. The van der Waals surface area contributed by atoms with Gasteiger partial charge < -0.3 is 5.32 Å². The van der Waals surface area contributed by atoms with Crippen LogP contribution < -0.4 is 5.32 Å². The fourth-order valence-electron chi connectivity index (χ4n) is 4.10. The van der Waals surface area contributed by atoms with Gasteiger partial charge >= 0.3 is 0 Å². The Labute approximate surface area is 169 Å². The van der Waals surface area contributed by atoms with Crippen molar-refractivity contribution in [1.29, 1.82) is 0 Å². The number of hydrogen-bond acceptors (Lipinski definition) is 4. The largest absolute Gasteiger partial charge is 0.352 e. The minimum Gasteiger partial charge on any atom is -0.352 e. The van der Waals surface area contributed by atoms with Gasteiger partial charge in [-0.3, -0.25) is 9.69 Å². The molecule has 6 nitrogen and oxygen atoms in total. The Hall–Kier alpha value is -1.44. The Balaban J connectivity index is 1.53. The van der Waals surface area contributed by atoms with E-state index in [9.17, 15) is 13.2 Å². The van der Waals surface area contributed by atoms with E-state index in [0.717, 1.165) is 18.4 Å². The molecule has 2 fully saturated rings. The minimum absolute atomic E-state index is 0.0711. The minimum atomic E-state index is -3.47. The summed E-state index contributed by atoms with van der Waals surface area (Å²) < 4.78 is 27.2. The first-order valence-electron chi connectivity index (χ1n) is 10.5. The third-order valence-corrected chi connectivity index (χ3v) is 7.97. The summed E-state index contributed by atoms with van der Waals surface area (Å²) in [6, 6.07) is 7.04. The average molecular weight is 408 g/mol. The average Bonchev–Trinajstić information content (AvgIpc) is 2.96. The topological polar surface area (TPSA) is 69.7 Å². The Morgan fingerprint density at radius 1 is 1.00 bits per heavy atom. The molecule has 156 valence electrons. The number of carbonyl (C=O) groups is 1. The first-order chi connectivity index (χ1) is 13.4. The van der Waals surface area contributed by atoms with Gasteiger partial charge in [0, 0.05) is 32.2 Å². The van der Waals surface area contributed by atoms with Gasteiger partial charge in [0.05, 0.1) is 10.9 Å². The van der Waals surface area contributed by atoms with Crippen molar-refractivity contribution in [2.75, 3.05) is 26.2 Å². The first-order valence-corrected chi connectivity index (χ1v) is 11.9. The highest BCUT2D eigenvalue weighted by Gasteiger charge is 2.32. The van der Waals surface area contributed by atoms with Crippen molar-refractivity contribution in [2.45, 2.75) is 69.4 Å². The summed E-state index contributed by atoms with van der Waals surface area (Å²) >= 11 is 0. The van der Waals surface area contributed by atoms with E-state index in [-0.39, 0.29) is 11.9 Å². The molecule has 0 aromatic heterocycles. The molecule has 0 unspecified atom stereocenters. The SMILES string of the molecule is Cc1ccc(S(=O)(=O)N2CCN([C@@H](C)C(=O)NC3CCCCCC3)CC2)cc1. The fourth-order valence-corrected chi connectivity index (χ4v) is 5.52. The van der Waals surface area contributed by atoms with Gasteiger partial charge in [-0.15, -0.1) is 0 Å². The maximum absolute atomic E-state index is 12.8. The van der Waals surface area contributed by atoms with Crippen LogP contribution >= 0.6 is 0 Å². The molecule has 1 aliphatic carbocycles. The Kier molecular flexibility index (Phi) is 7.12. The van der Waals surface area contributed by atoms with Gasteiger partial charge in [0.2, 0.25) is 15.9 Å². The van der Waals surface area contributed by atoms with E-state index in [0.29, 0.717) is 37.1 Å². The predicted molar refractivity (Wildman–Crippen MR) is 111 cm³/mol. The molecule has 1 amide bonds. The van der Waals surface area contributed by atoms with E-state index < -0.39 is 10.0 Å². The number of aryl methyl sites for hydroxylation is 1. The molecule has 1 N–H and O–H groups in total. The summed E-state index contributed by atoms with van der Waals surface area (Å²) in [5, 5.41) is 3.22. The molecule has 1 atom stereocenters. The molecule has 1 aromatic carbocycles. The van der Waals surface area contributed by atoms with Gasteiger partial charge in [-0.05, 0) is 38.8 Å². The van der Waals surface area contributed by atoms with Gasteiger partial charge in [0.15, 0.2) is 0 Å². The zero-order valence-corrected chi connectivity index (χ0v) is 17.9. The van der Waals surface area contributed by atoms with E-state index in [2.05, 4.69) is 10.2 Å². The molecule has 2 aliphatic rings. The molecule has 1 aromatic rings. The number of hydrogen-bond donors (Lipinski definition) is 1. The summed E-state index contributed by atoms with van der Waals surface area (Å²) in [5.74, 6) is 0.0711. The number of sulfonamides is 1. The monoisotopic (exact) mass is 407 g/mol. The van der Waals surface area contributed by atoms with Crippen LogP contribution in [0.5, 0.6) is 0 Å². The summed E-state index contributed by atoms with van der Waals surface area (Å²) in [5.41, 5.74) is 1.04. The Morgan fingerprint density at radius 2 is 1.57 bits per heavy atom. The van der Waals surface area contributed by atoms with Crippen molar-refractivity contribution in [1.82, 2.24) is 14.5 Å². The molecule has 0 spiro atoms. The van der Waals surface area contributed by atoms with Crippen LogP contribution in [-0.4, -0.2) is 61.8 Å². The van der Waals surface area contributed by atoms with Crippen molar-refractivity contribution in [3.05, 3.63) is 29.8 Å². The quantitative estimate of drug-likeness (QED) is 0.762. The molecule has 1 aliphatic heterocycles. The smallest absolute Gasteiger partial charge is 0.243 e. The second-order valence-electron chi connectivity index (χ2n) is 8.13. The van der Waals surface area contributed by atoms with E-state index >= 15 is 0 Å². The van der Waals surface area contributed by atoms with E-state index in [4.69, 9.17) is 0 Å². The molecular formula is C21H33N3O3S. The lowest BCUT2D eigenvalue weighted by Crippen LogP contribution is -2.55. The number of nitrogens with one attached hydrogen (secondary N) is 1. The van der Waals surface area contributed by atoms with Crippen LogP contribution in [-0.2, 0) is 14.8 Å². The number of nitrogens with zero attached hydrogens (tertiary/aromatic N) is 2. The van der Waals surface area contributed by atoms with Crippen molar-refractivity contribution in [3.8, 4) is 0 Å². The second-order valence-corrected chi connectivity index (χ2v) is 10.1. The van der Waals surface area contributed by atoms with Crippen molar-refractivity contribution >= 4 is 15.9 Å². The maximum atomic E-state index is 12.8. The molecule has 1 saturated carbocycles. The van der Waals surface area contributed by atoms with E-state index in [1.54, 1.807) is 12.1 Å². The Bertz CT molecular complexity index is 748. The van der Waals surface area contributed by atoms with Crippen LogP contribution in [0.4, 0.5) is 0 Å². The molecule has 3 rings (SSSR count). The number of amides is 1. The number of benzene rings is 1. The van der Waals surface area contributed by atoms with Crippen LogP contribution in [0.1, 0.15) is 51.0 Å². The van der Waals surface area contributed by atoms with Crippen LogP contribution in [0, 0.1) is 6.92 Å². The molecule has 1 heterocycles. The number of carbonyl (C=O) groups excluding carboxylic acids is 1. The van der Waals surface area contributed by atoms with Gasteiger partial charge in [-0.1, -0.05) is 43.4 Å². The lowest BCUT2D eigenvalue weighted by atomic mass is 10.1. The zero-order chi connectivity index (χ0) is 20.1. The third kappa shape index (κ3) is 5.13. The summed E-state index contributed by atoms with van der Waals surface area (Å²) in [4.78, 5) is 15.1. The summed E-state index contributed by atoms with van der Waals surface area (Å²) in [7, 11) is -3.47. The van der Waals surface area contributed by atoms with E-state index in [1.165, 1.54) is 30.0 Å². The molecular weight excluding hydrogens is 374 g/mol. The van der Waals surface area contributed by atoms with Crippen molar-refractivity contribution in [2.24, 2.45) is 0 Å². The number of piperazine rings is 1. The van der Waals surface area contributed by atoms with Gasteiger partial charge in [0.25, 0.3) is 0 Å². The maximum Gasteiger partial charge on any atom is 0.243 e. The first kappa shape index (κ1) is 21.3. The highest BCUT2D eigenvalue weighted by molar-refractivity contribution is 7.89. The summed E-state index contributed by atoms with van der Waals surface area (Å²) in [6.45, 7) is 5.84. The van der Waals surface area contributed by atoms with Gasteiger partial charge in [-0.2, -0.15) is 4.31 Å². The lowest BCUT2D eigenvalue weighted by molar-refractivity contribution is -0.127. The molecule has 0 bridgehead atoms. The van der Waals surface area contributed by atoms with Crippen LogP contribution in [0.25, 0.3) is 0 Å². The molecule has 0 radical (unpaired) electrons. The molecule has 28 heavy (non-hydrogen) atoms. The predicted octanol–water partition coefficient (Wildman–Crippen LogP) is 2.53.